The summed E-state index contributed by atoms with van der Waals surface area (Å²) in [5.74, 6) is 1.24. The molecule has 1 saturated heterocycles. The third kappa shape index (κ3) is 4.48. The number of carboxylic acids is 1. The number of carboxylic acid groups (broad SMARTS) is 1. The van der Waals surface area contributed by atoms with E-state index in [0.717, 1.165) is 49.5 Å². The molecule has 3 aromatic carbocycles. The van der Waals surface area contributed by atoms with Gasteiger partial charge in [0.15, 0.2) is 17.6 Å². The monoisotopic (exact) mass is 429 g/mol. The van der Waals surface area contributed by atoms with Gasteiger partial charge < -0.3 is 14.6 Å². The predicted molar refractivity (Wildman–Crippen MR) is 122 cm³/mol. The average Bonchev–Trinajstić information content (AvgIpc) is 2.85. The zero-order valence-corrected chi connectivity index (χ0v) is 17.9. The number of rotatable bonds is 5. The largest absolute Gasteiger partial charge is 0.485 e. The van der Waals surface area contributed by atoms with Crippen molar-refractivity contribution in [3.8, 4) is 11.5 Å². The summed E-state index contributed by atoms with van der Waals surface area (Å²) in [4.78, 5) is 13.5. The van der Waals surface area contributed by atoms with E-state index in [1.54, 1.807) is 12.1 Å². The minimum Gasteiger partial charge on any atom is -0.485 e. The summed E-state index contributed by atoms with van der Waals surface area (Å²) in [6, 6.07) is 23.8. The first kappa shape index (κ1) is 20.6. The third-order valence-corrected chi connectivity index (χ3v) is 6.48. The van der Waals surface area contributed by atoms with Crippen LogP contribution >= 0.6 is 0 Å². The van der Waals surface area contributed by atoms with Crippen molar-refractivity contribution in [1.29, 1.82) is 0 Å². The number of likely N-dealkylation sites (tertiary alicyclic amines) is 1. The molecule has 1 N–H and O–H groups in total. The summed E-state index contributed by atoms with van der Waals surface area (Å²) in [6.07, 6.45) is 2.11. The van der Waals surface area contributed by atoms with Crippen molar-refractivity contribution < 1.29 is 19.4 Å². The molecule has 0 bridgehead atoms. The number of fused-ring (bicyclic) bond motifs is 1. The number of hydrogen-bond acceptors (Lipinski definition) is 4. The van der Waals surface area contributed by atoms with Crippen molar-refractivity contribution >= 4 is 5.97 Å². The molecule has 1 fully saturated rings. The van der Waals surface area contributed by atoms with Gasteiger partial charge in [0, 0.05) is 6.54 Å². The lowest BCUT2D eigenvalue weighted by Gasteiger charge is -2.32. The van der Waals surface area contributed by atoms with E-state index in [4.69, 9.17) is 14.6 Å². The van der Waals surface area contributed by atoms with Gasteiger partial charge in [-0.25, -0.2) is 4.79 Å². The number of hydrogen-bond donors (Lipinski definition) is 1. The summed E-state index contributed by atoms with van der Waals surface area (Å²) >= 11 is 0. The van der Waals surface area contributed by atoms with E-state index < -0.39 is 5.97 Å². The summed E-state index contributed by atoms with van der Waals surface area (Å²) in [5.41, 5.74) is 4.03. The fourth-order valence-electron chi connectivity index (χ4n) is 4.60. The van der Waals surface area contributed by atoms with Crippen molar-refractivity contribution in [3.63, 3.8) is 0 Å². The molecule has 0 aliphatic carbocycles. The standard InChI is InChI=1S/C27H27NO4/c29-27(30)23-11-9-20(10-12-23)21-13-15-28(16-14-21)17-19-5-7-22(8-6-19)26-18-31-24-3-1-2-4-25(24)32-26/h1-12,21,26H,13-18H2,(H,29,30). The first-order valence-corrected chi connectivity index (χ1v) is 11.2. The average molecular weight is 430 g/mol. The van der Waals surface area contributed by atoms with Crippen LogP contribution in [0.3, 0.4) is 0 Å². The third-order valence-electron chi connectivity index (χ3n) is 6.48. The van der Waals surface area contributed by atoms with Gasteiger partial charge in [0.2, 0.25) is 0 Å². The Morgan fingerprint density at radius 2 is 1.53 bits per heavy atom. The Balaban J connectivity index is 1.14. The van der Waals surface area contributed by atoms with Crippen molar-refractivity contribution in [3.05, 3.63) is 95.1 Å². The van der Waals surface area contributed by atoms with Crippen molar-refractivity contribution in [2.75, 3.05) is 19.7 Å². The van der Waals surface area contributed by atoms with Crippen molar-refractivity contribution in [2.24, 2.45) is 0 Å². The number of carbonyl (C=O) groups is 1. The maximum atomic E-state index is 11.0. The topological polar surface area (TPSA) is 59.0 Å². The number of aromatic carboxylic acids is 1. The lowest BCUT2D eigenvalue weighted by atomic mass is 9.89. The number of para-hydroxylation sites is 2. The first-order valence-electron chi connectivity index (χ1n) is 11.2. The van der Waals surface area contributed by atoms with Crippen LogP contribution in [0.1, 0.15) is 51.9 Å². The molecule has 0 spiro atoms. The van der Waals surface area contributed by atoms with Crippen LogP contribution in [0.15, 0.2) is 72.8 Å². The van der Waals surface area contributed by atoms with Crippen LogP contribution < -0.4 is 9.47 Å². The molecule has 0 aromatic heterocycles. The Morgan fingerprint density at radius 3 is 2.22 bits per heavy atom. The Bertz CT molecular complexity index is 1070. The molecule has 164 valence electrons. The maximum absolute atomic E-state index is 11.0. The van der Waals surface area contributed by atoms with E-state index in [1.807, 2.05) is 36.4 Å². The van der Waals surface area contributed by atoms with Crippen molar-refractivity contribution in [2.45, 2.75) is 31.4 Å². The molecule has 2 aliphatic heterocycles. The molecule has 5 rings (SSSR count). The summed E-state index contributed by atoms with van der Waals surface area (Å²) in [5, 5.41) is 9.07. The summed E-state index contributed by atoms with van der Waals surface area (Å²) in [7, 11) is 0. The summed E-state index contributed by atoms with van der Waals surface area (Å²) in [6.45, 7) is 3.56. The van der Waals surface area contributed by atoms with E-state index in [2.05, 4.69) is 29.2 Å². The molecule has 5 nitrogen and oxygen atoms in total. The molecule has 3 aromatic rings. The van der Waals surface area contributed by atoms with Crippen LogP contribution in [0.5, 0.6) is 11.5 Å². The van der Waals surface area contributed by atoms with Crippen LogP contribution in [0.4, 0.5) is 0 Å². The lowest BCUT2D eigenvalue weighted by Crippen LogP contribution is -2.32. The Morgan fingerprint density at radius 1 is 0.875 bits per heavy atom. The van der Waals surface area contributed by atoms with Crippen LogP contribution in [-0.2, 0) is 6.54 Å². The number of ether oxygens (including phenoxy) is 2. The van der Waals surface area contributed by atoms with E-state index in [9.17, 15) is 4.79 Å². The smallest absolute Gasteiger partial charge is 0.335 e. The fourth-order valence-corrected chi connectivity index (χ4v) is 4.60. The molecule has 1 unspecified atom stereocenters. The second kappa shape index (κ2) is 9.05. The predicted octanol–water partition coefficient (Wildman–Crippen LogP) is 5.28. The second-order valence-electron chi connectivity index (χ2n) is 8.58. The zero-order valence-electron chi connectivity index (χ0n) is 17.9. The summed E-state index contributed by atoms with van der Waals surface area (Å²) < 4.78 is 12.0. The SMILES string of the molecule is O=C(O)c1ccc(C2CCN(Cc3ccc(C4COc5ccccc5O4)cc3)CC2)cc1. The normalized spacial score (nSPS) is 18.9. The van der Waals surface area contributed by atoms with E-state index in [0.29, 0.717) is 18.1 Å². The van der Waals surface area contributed by atoms with Gasteiger partial charge in [0.25, 0.3) is 0 Å². The zero-order chi connectivity index (χ0) is 21.9. The van der Waals surface area contributed by atoms with E-state index in [1.165, 1.54) is 11.1 Å². The quantitative estimate of drug-likeness (QED) is 0.598. The van der Waals surface area contributed by atoms with E-state index in [-0.39, 0.29) is 6.10 Å². The molecule has 1 atom stereocenters. The minimum absolute atomic E-state index is 0.0813. The highest BCUT2D eigenvalue weighted by Crippen LogP contribution is 2.36. The fraction of sp³-hybridized carbons (Fsp3) is 0.296. The first-order chi connectivity index (χ1) is 15.7. The van der Waals surface area contributed by atoms with Crippen LogP contribution in [0.25, 0.3) is 0 Å². The lowest BCUT2D eigenvalue weighted by molar-refractivity contribution is 0.0697. The highest BCUT2D eigenvalue weighted by atomic mass is 16.6. The number of piperidine rings is 1. The van der Waals surface area contributed by atoms with Gasteiger partial charge in [-0.2, -0.15) is 0 Å². The van der Waals surface area contributed by atoms with Gasteiger partial charge in [-0.3, -0.25) is 4.90 Å². The molecular weight excluding hydrogens is 402 g/mol. The molecule has 32 heavy (non-hydrogen) atoms. The van der Waals surface area contributed by atoms with Gasteiger partial charge in [0.05, 0.1) is 5.56 Å². The Labute approximate surface area is 188 Å². The van der Waals surface area contributed by atoms with Crippen LogP contribution in [-0.4, -0.2) is 35.7 Å². The van der Waals surface area contributed by atoms with Gasteiger partial charge in [-0.05, 0) is 72.8 Å². The Hall–Kier alpha value is -3.31. The molecule has 0 amide bonds. The van der Waals surface area contributed by atoms with Gasteiger partial charge in [-0.15, -0.1) is 0 Å². The second-order valence-corrected chi connectivity index (χ2v) is 8.58. The highest BCUT2D eigenvalue weighted by Gasteiger charge is 2.23. The molecule has 0 saturated carbocycles. The minimum atomic E-state index is -0.871. The molecule has 2 heterocycles. The molecule has 2 aliphatic rings. The van der Waals surface area contributed by atoms with Gasteiger partial charge >= 0.3 is 5.97 Å². The Kier molecular flexibility index (Phi) is 5.82. The molecular formula is C27H27NO4. The molecule has 0 radical (unpaired) electrons. The van der Waals surface area contributed by atoms with E-state index >= 15 is 0 Å². The van der Waals surface area contributed by atoms with Crippen LogP contribution in [0.2, 0.25) is 0 Å². The highest BCUT2D eigenvalue weighted by molar-refractivity contribution is 5.87. The van der Waals surface area contributed by atoms with Crippen molar-refractivity contribution in [1.82, 2.24) is 4.90 Å². The van der Waals surface area contributed by atoms with Crippen LogP contribution in [0, 0.1) is 0 Å². The number of benzene rings is 3. The number of nitrogens with zero attached hydrogens (tertiary/aromatic N) is 1. The van der Waals surface area contributed by atoms with Gasteiger partial charge in [0.1, 0.15) is 6.61 Å². The van der Waals surface area contributed by atoms with Gasteiger partial charge in [-0.1, -0.05) is 48.5 Å². The maximum Gasteiger partial charge on any atom is 0.335 e. The molecule has 5 heteroatoms.